The quantitative estimate of drug-likeness (QED) is 0.732. The van der Waals surface area contributed by atoms with Crippen LogP contribution in [0.2, 0.25) is 0 Å². The number of benzene rings is 1. The fourth-order valence-electron chi connectivity index (χ4n) is 3.74. The number of likely N-dealkylation sites (N-methyl/N-ethyl adjacent to an activating group) is 1. The summed E-state index contributed by atoms with van der Waals surface area (Å²) < 4.78 is 0. The third-order valence-corrected chi connectivity index (χ3v) is 6.24. The maximum absolute atomic E-state index is 12.5. The van der Waals surface area contributed by atoms with Gasteiger partial charge in [-0.2, -0.15) is 0 Å². The molecule has 0 saturated carbocycles. The summed E-state index contributed by atoms with van der Waals surface area (Å²) in [5, 5.41) is 5.13. The Morgan fingerprint density at radius 3 is 2.74 bits per heavy atom. The predicted molar refractivity (Wildman–Crippen MR) is 114 cm³/mol. The molecule has 1 amide bonds. The summed E-state index contributed by atoms with van der Waals surface area (Å²) in [6.07, 6.45) is 0.973. The Kier molecular flexibility index (Phi) is 7.05. The van der Waals surface area contributed by atoms with Crippen LogP contribution in [0.4, 0.5) is 0 Å². The van der Waals surface area contributed by atoms with Gasteiger partial charge in [-0.25, -0.2) is 0 Å². The van der Waals surface area contributed by atoms with Crippen LogP contribution in [0.15, 0.2) is 41.8 Å². The number of piperazine rings is 1. The van der Waals surface area contributed by atoms with Gasteiger partial charge in [-0.05, 0) is 42.0 Å². The van der Waals surface area contributed by atoms with E-state index in [1.54, 1.807) is 11.3 Å². The summed E-state index contributed by atoms with van der Waals surface area (Å²) in [5.74, 6) is 0.459. The number of carbonyl (C=O) groups is 1. The summed E-state index contributed by atoms with van der Waals surface area (Å²) in [5.41, 5.74) is 2.54. The average Bonchev–Trinajstić information content (AvgIpc) is 3.17. The van der Waals surface area contributed by atoms with Crippen LogP contribution in [-0.2, 0) is 0 Å². The van der Waals surface area contributed by atoms with E-state index in [0.29, 0.717) is 12.0 Å². The van der Waals surface area contributed by atoms with Crippen LogP contribution < -0.4 is 5.32 Å². The number of carbonyl (C=O) groups excluding carboxylic acids is 1. The van der Waals surface area contributed by atoms with Crippen molar-refractivity contribution in [1.82, 2.24) is 15.1 Å². The lowest BCUT2D eigenvalue weighted by molar-refractivity contribution is 0.0866. The largest absolute Gasteiger partial charge is 0.351 e. The van der Waals surface area contributed by atoms with E-state index in [4.69, 9.17) is 0 Å². The van der Waals surface area contributed by atoms with E-state index in [1.165, 1.54) is 5.56 Å². The summed E-state index contributed by atoms with van der Waals surface area (Å²) in [6, 6.07) is 13.3. The van der Waals surface area contributed by atoms with E-state index in [9.17, 15) is 4.79 Å². The molecule has 5 heteroatoms. The van der Waals surface area contributed by atoms with Crippen LogP contribution in [0.1, 0.15) is 53.0 Å². The lowest BCUT2D eigenvalue weighted by Gasteiger charge is -2.40. The molecule has 0 spiro atoms. The van der Waals surface area contributed by atoms with Crippen LogP contribution in [0.3, 0.4) is 0 Å². The number of nitrogens with one attached hydrogen (secondary N) is 1. The molecule has 1 atom stereocenters. The molecule has 2 heterocycles. The van der Waals surface area contributed by atoms with E-state index < -0.39 is 0 Å². The van der Waals surface area contributed by atoms with Crippen molar-refractivity contribution in [3.63, 3.8) is 0 Å². The molecule has 4 nitrogen and oxygen atoms in total. The van der Waals surface area contributed by atoms with E-state index in [2.05, 4.69) is 72.4 Å². The molecule has 1 saturated heterocycles. The smallest absolute Gasteiger partial charge is 0.261 e. The number of thiophene rings is 1. The molecular formula is C22H31N3OS. The summed E-state index contributed by atoms with van der Waals surface area (Å²) >= 11 is 1.54. The van der Waals surface area contributed by atoms with Crippen LogP contribution in [0.5, 0.6) is 0 Å². The summed E-state index contributed by atoms with van der Waals surface area (Å²) in [7, 11) is 2.20. The number of hydrogen-bond acceptors (Lipinski definition) is 4. The molecule has 0 aliphatic carbocycles. The first kappa shape index (κ1) is 20.1. The standard InChI is InChI=1S/C22H31N3OS/c1-17(2)19-10-15-27-21(19)22(26)23-11-7-12-25-14-13-24(3)16-20(25)18-8-5-4-6-9-18/h4-6,8-10,15,17,20H,7,11-14,16H2,1-3H3,(H,23,26)/t20-/m0/s1. The van der Waals surface area contributed by atoms with E-state index in [-0.39, 0.29) is 5.91 Å². The highest BCUT2D eigenvalue weighted by atomic mass is 32.1. The molecule has 2 aromatic rings. The van der Waals surface area contributed by atoms with Crippen LogP contribution in [0.25, 0.3) is 0 Å². The topological polar surface area (TPSA) is 35.6 Å². The maximum atomic E-state index is 12.5. The monoisotopic (exact) mass is 385 g/mol. The van der Waals surface area contributed by atoms with Crippen molar-refractivity contribution in [2.24, 2.45) is 0 Å². The molecule has 1 aromatic heterocycles. The number of amides is 1. The second-order valence-electron chi connectivity index (χ2n) is 7.69. The molecule has 1 fully saturated rings. The minimum atomic E-state index is 0.0756. The van der Waals surface area contributed by atoms with E-state index in [1.807, 2.05) is 5.38 Å². The molecule has 27 heavy (non-hydrogen) atoms. The van der Waals surface area contributed by atoms with Gasteiger partial charge >= 0.3 is 0 Å². The zero-order chi connectivity index (χ0) is 19.2. The summed E-state index contributed by atoms with van der Waals surface area (Å²) in [4.78, 5) is 18.3. The van der Waals surface area contributed by atoms with E-state index >= 15 is 0 Å². The van der Waals surface area contributed by atoms with Gasteiger partial charge in [0.05, 0.1) is 4.88 Å². The minimum absolute atomic E-state index is 0.0756. The second kappa shape index (κ2) is 9.49. The van der Waals surface area contributed by atoms with Crippen molar-refractivity contribution in [3.8, 4) is 0 Å². The van der Waals surface area contributed by atoms with Gasteiger partial charge in [-0.3, -0.25) is 9.69 Å². The number of nitrogens with zero attached hydrogens (tertiary/aromatic N) is 2. The Balaban J connectivity index is 1.51. The fraction of sp³-hybridized carbons (Fsp3) is 0.500. The van der Waals surface area contributed by atoms with Crippen molar-refractivity contribution in [2.45, 2.75) is 32.2 Å². The Morgan fingerprint density at radius 1 is 1.22 bits per heavy atom. The molecule has 1 aliphatic heterocycles. The Labute approximate surface area is 167 Å². The molecular weight excluding hydrogens is 354 g/mol. The van der Waals surface area contributed by atoms with Gasteiger partial charge in [-0.1, -0.05) is 44.2 Å². The van der Waals surface area contributed by atoms with Gasteiger partial charge in [0.15, 0.2) is 0 Å². The first-order chi connectivity index (χ1) is 13.1. The van der Waals surface area contributed by atoms with Gasteiger partial charge in [0.2, 0.25) is 0 Å². The van der Waals surface area contributed by atoms with Gasteiger partial charge in [0.1, 0.15) is 0 Å². The highest BCUT2D eigenvalue weighted by Crippen LogP contribution is 2.25. The van der Waals surface area contributed by atoms with Crippen LogP contribution >= 0.6 is 11.3 Å². The lowest BCUT2D eigenvalue weighted by Crippen LogP contribution is -2.47. The molecule has 1 N–H and O–H groups in total. The highest BCUT2D eigenvalue weighted by molar-refractivity contribution is 7.12. The Morgan fingerprint density at radius 2 is 2.00 bits per heavy atom. The van der Waals surface area contributed by atoms with Crippen molar-refractivity contribution in [3.05, 3.63) is 57.8 Å². The predicted octanol–water partition coefficient (Wildman–Crippen LogP) is 3.98. The number of rotatable bonds is 7. The minimum Gasteiger partial charge on any atom is -0.351 e. The molecule has 0 radical (unpaired) electrons. The first-order valence-corrected chi connectivity index (χ1v) is 10.8. The van der Waals surface area contributed by atoms with Gasteiger partial charge in [0, 0.05) is 38.8 Å². The van der Waals surface area contributed by atoms with Gasteiger partial charge in [-0.15, -0.1) is 11.3 Å². The fourth-order valence-corrected chi connectivity index (χ4v) is 4.71. The van der Waals surface area contributed by atoms with E-state index in [0.717, 1.165) is 49.6 Å². The zero-order valence-electron chi connectivity index (χ0n) is 16.6. The second-order valence-corrected chi connectivity index (χ2v) is 8.61. The molecule has 0 bridgehead atoms. The van der Waals surface area contributed by atoms with Crippen LogP contribution in [0, 0.1) is 0 Å². The average molecular weight is 386 g/mol. The SMILES string of the molecule is CC(C)c1ccsc1C(=O)NCCCN1CCN(C)C[C@H]1c1ccccc1. The third-order valence-electron chi connectivity index (χ3n) is 5.31. The molecule has 3 rings (SSSR count). The highest BCUT2D eigenvalue weighted by Gasteiger charge is 2.26. The van der Waals surface area contributed by atoms with Crippen molar-refractivity contribution in [2.75, 3.05) is 39.8 Å². The number of hydrogen-bond donors (Lipinski definition) is 1. The molecule has 146 valence electrons. The summed E-state index contributed by atoms with van der Waals surface area (Å²) in [6.45, 7) is 9.24. The van der Waals surface area contributed by atoms with Gasteiger partial charge in [0.25, 0.3) is 5.91 Å². The molecule has 1 aliphatic rings. The van der Waals surface area contributed by atoms with Gasteiger partial charge < -0.3 is 10.2 Å². The lowest BCUT2D eigenvalue weighted by atomic mass is 10.0. The first-order valence-electron chi connectivity index (χ1n) is 9.89. The molecule has 0 unspecified atom stereocenters. The van der Waals surface area contributed by atoms with Crippen molar-refractivity contribution in [1.29, 1.82) is 0 Å². The van der Waals surface area contributed by atoms with Crippen LogP contribution in [-0.4, -0.2) is 55.5 Å². The maximum Gasteiger partial charge on any atom is 0.261 e. The van der Waals surface area contributed by atoms with Crippen molar-refractivity contribution < 1.29 is 4.79 Å². The normalized spacial score (nSPS) is 18.7. The Hall–Kier alpha value is -1.69. The zero-order valence-corrected chi connectivity index (χ0v) is 17.5. The molecule has 1 aromatic carbocycles. The Bertz CT molecular complexity index is 728. The third kappa shape index (κ3) is 5.18. The van der Waals surface area contributed by atoms with Crippen molar-refractivity contribution >= 4 is 17.2 Å².